The highest BCUT2D eigenvalue weighted by Gasteiger charge is 2.51. The lowest BCUT2D eigenvalue weighted by Crippen LogP contribution is -2.55. The number of halogens is 3. The van der Waals surface area contributed by atoms with Crippen LogP contribution in [0.25, 0.3) is 0 Å². The molecule has 0 amide bonds. The lowest BCUT2D eigenvalue weighted by Gasteiger charge is -2.57. The van der Waals surface area contributed by atoms with Crippen LogP contribution in [0.4, 0.5) is 36.2 Å². The van der Waals surface area contributed by atoms with Crippen molar-refractivity contribution in [3.8, 4) is 5.75 Å². The quantitative estimate of drug-likeness (QED) is 0.627. The molecule has 1 aromatic heterocycles. The minimum atomic E-state index is -4.72. The van der Waals surface area contributed by atoms with Crippen molar-refractivity contribution in [1.29, 1.82) is 0 Å². The highest BCUT2D eigenvalue weighted by atomic mass is 19.4. The van der Waals surface area contributed by atoms with Gasteiger partial charge in [0.15, 0.2) is 11.6 Å². The van der Waals surface area contributed by atoms with Crippen LogP contribution in [0.1, 0.15) is 38.5 Å². The van der Waals surface area contributed by atoms with Crippen molar-refractivity contribution in [2.75, 3.05) is 16.4 Å². The molecule has 2 aromatic rings. The first-order valence-electron chi connectivity index (χ1n) is 10.3. The van der Waals surface area contributed by atoms with Crippen LogP contribution in [0.15, 0.2) is 30.6 Å². The molecule has 0 saturated heterocycles. The molecule has 9 heteroatoms. The van der Waals surface area contributed by atoms with E-state index in [-0.39, 0.29) is 11.3 Å². The van der Waals surface area contributed by atoms with Crippen LogP contribution in [0.5, 0.6) is 5.75 Å². The number of benzene rings is 1. The molecule has 1 heterocycles. The molecule has 4 aliphatic rings. The average Bonchev–Trinajstić information content (AvgIpc) is 2.64. The summed E-state index contributed by atoms with van der Waals surface area (Å²) in [5.74, 6) is 3.13. The lowest BCUT2D eigenvalue weighted by atomic mass is 9.53. The van der Waals surface area contributed by atoms with Gasteiger partial charge in [0.25, 0.3) is 0 Å². The Kier molecular flexibility index (Phi) is 4.44. The molecule has 160 valence electrons. The molecule has 4 aliphatic carbocycles. The summed E-state index contributed by atoms with van der Waals surface area (Å²) in [5, 5.41) is 6.71. The molecule has 30 heavy (non-hydrogen) atoms. The second-order valence-corrected chi connectivity index (χ2v) is 9.00. The van der Waals surface area contributed by atoms with Crippen LogP contribution < -0.4 is 21.1 Å². The summed E-state index contributed by atoms with van der Waals surface area (Å²) in [6, 6.07) is 5.44. The number of nitrogen functional groups attached to an aromatic ring is 1. The van der Waals surface area contributed by atoms with Gasteiger partial charge in [0.2, 0.25) is 0 Å². The number of hydrogen-bond acceptors (Lipinski definition) is 6. The molecule has 0 aliphatic heterocycles. The van der Waals surface area contributed by atoms with E-state index in [1.807, 2.05) is 0 Å². The highest BCUT2D eigenvalue weighted by Crippen LogP contribution is 2.56. The van der Waals surface area contributed by atoms with E-state index in [4.69, 9.17) is 5.73 Å². The predicted molar refractivity (Wildman–Crippen MR) is 107 cm³/mol. The van der Waals surface area contributed by atoms with Crippen molar-refractivity contribution in [1.82, 2.24) is 9.97 Å². The zero-order valence-corrected chi connectivity index (χ0v) is 16.4. The molecular formula is C21H24F3N5O. The predicted octanol–water partition coefficient (Wildman–Crippen LogP) is 5.08. The van der Waals surface area contributed by atoms with Crippen molar-refractivity contribution < 1.29 is 17.9 Å². The third kappa shape index (κ3) is 3.85. The summed E-state index contributed by atoms with van der Waals surface area (Å²) < 4.78 is 40.8. The SMILES string of the molecule is Nc1c(Nc2ccc(OC(F)(F)F)cc2)ncnc1NC12CC3CC(CC(C3)C1)C2. The molecule has 0 atom stereocenters. The molecule has 0 spiro atoms. The van der Waals surface area contributed by atoms with E-state index >= 15 is 0 Å². The van der Waals surface area contributed by atoms with Crippen LogP contribution in [-0.4, -0.2) is 21.9 Å². The average molecular weight is 419 g/mol. The number of rotatable bonds is 5. The van der Waals surface area contributed by atoms with Crippen molar-refractivity contribution in [3.63, 3.8) is 0 Å². The van der Waals surface area contributed by atoms with E-state index in [2.05, 4.69) is 25.3 Å². The fraction of sp³-hybridized carbons (Fsp3) is 0.524. The highest BCUT2D eigenvalue weighted by molar-refractivity contribution is 5.78. The Balaban J connectivity index is 1.32. The monoisotopic (exact) mass is 419 g/mol. The molecule has 0 unspecified atom stereocenters. The smallest absolute Gasteiger partial charge is 0.406 e. The summed E-state index contributed by atoms with van der Waals surface area (Å²) in [6.45, 7) is 0. The van der Waals surface area contributed by atoms with Crippen LogP contribution >= 0.6 is 0 Å². The van der Waals surface area contributed by atoms with Gasteiger partial charge in [0.05, 0.1) is 0 Å². The zero-order valence-electron chi connectivity index (χ0n) is 16.4. The Morgan fingerprint density at radius 1 is 0.933 bits per heavy atom. The fourth-order valence-electron chi connectivity index (χ4n) is 5.99. The van der Waals surface area contributed by atoms with Gasteiger partial charge in [0.1, 0.15) is 17.8 Å². The Morgan fingerprint density at radius 2 is 1.50 bits per heavy atom. The van der Waals surface area contributed by atoms with E-state index < -0.39 is 6.36 Å². The van der Waals surface area contributed by atoms with Crippen LogP contribution in [0.3, 0.4) is 0 Å². The van der Waals surface area contributed by atoms with Crippen LogP contribution in [-0.2, 0) is 0 Å². The van der Waals surface area contributed by atoms with Gasteiger partial charge in [0, 0.05) is 11.2 Å². The van der Waals surface area contributed by atoms with E-state index in [1.54, 1.807) is 0 Å². The fourth-order valence-corrected chi connectivity index (χ4v) is 5.99. The van der Waals surface area contributed by atoms with Crippen LogP contribution in [0, 0.1) is 17.8 Å². The maximum Gasteiger partial charge on any atom is 0.573 e. The summed E-state index contributed by atoms with van der Waals surface area (Å²) in [6.07, 6.45) is 4.25. The maximum atomic E-state index is 12.3. The molecular weight excluding hydrogens is 395 g/mol. The molecule has 0 radical (unpaired) electrons. The Hall–Kier alpha value is -2.71. The maximum absolute atomic E-state index is 12.3. The van der Waals surface area contributed by atoms with Gasteiger partial charge in [-0.3, -0.25) is 0 Å². The van der Waals surface area contributed by atoms with E-state index in [1.165, 1.54) is 49.9 Å². The molecule has 6 nitrogen and oxygen atoms in total. The summed E-state index contributed by atoms with van der Waals surface area (Å²) in [4.78, 5) is 8.59. The summed E-state index contributed by atoms with van der Waals surface area (Å²) >= 11 is 0. The third-order valence-electron chi connectivity index (χ3n) is 6.66. The molecule has 4 saturated carbocycles. The van der Waals surface area contributed by atoms with Crippen molar-refractivity contribution >= 4 is 23.0 Å². The number of nitrogens with two attached hydrogens (primary N) is 1. The Morgan fingerprint density at radius 3 is 2.07 bits per heavy atom. The Bertz CT molecular complexity index is 896. The van der Waals surface area contributed by atoms with Gasteiger partial charge in [-0.25, -0.2) is 9.97 Å². The summed E-state index contributed by atoms with van der Waals surface area (Å²) in [7, 11) is 0. The molecule has 4 fully saturated rings. The standard InChI is InChI=1S/C21H24F3N5O/c22-21(23,24)30-16-3-1-15(2-4-16)28-18-17(25)19(27-11-26-18)29-20-8-12-5-13(9-20)7-14(6-12)10-20/h1-4,11-14H,5-10,25H2,(H2,26,27,28,29). The van der Waals surface area contributed by atoms with Gasteiger partial charge >= 0.3 is 6.36 Å². The number of nitrogens with zero attached hydrogens (tertiary/aromatic N) is 2. The van der Waals surface area contributed by atoms with Gasteiger partial charge in [-0.15, -0.1) is 13.2 Å². The largest absolute Gasteiger partial charge is 0.573 e. The van der Waals surface area contributed by atoms with Crippen molar-refractivity contribution in [2.24, 2.45) is 17.8 Å². The minimum absolute atomic E-state index is 0.0606. The topological polar surface area (TPSA) is 85.1 Å². The molecule has 6 rings (SSSR count). The molecule has 1 aromatic carbocycles. The number of hydrogen-bond donors (Lipinski definition) is 3. The Labute approximate surface area is 172 Å². The number of nitrogens with one attached hydrogen (secondary N) is 2. The second-order valence-electron chi connectivity index (χ2n) is 9.00. The van der Waals surface area contributed by atoms with Gasteiger partial charge in [-0.2, -0.15) is 0 Å². The van der Waals surface area contributed by atoms with E-state index in [0.717, 1.165) is 37.0 Å². The van der Waals surface area contributed by atoms with E-state index in [9.17, 15) is 13.2 Å². The number of alkyl halides is 3. The van der Waals surface area contributed by atoms with E-state index in [0.29, 0.717) is 23.0 Å². The van der Waals surface area contributed by atoms with Crippen molar-refractivity contribution in [3.05, 3.63) is 30.6 Å². The lowest BCUT2D eigenvalue weighted by molar-refractivity contribution is -0.274. The first-order chi connectivity index (χ1) is 14.3. The second kappa shape index (κ2) is 6.92. The minimum Gasteiger partial charge on any atom is -0.406 e. The number of ether oxygens (including phenoxy) is 1. The van der Waals surface area contributed by atoms with Gasteiger partial charge in [-0.05, 0) is 80.5 Å². The first-order valence-corrected chi connectivity index (χ1v) is 10.3. The number of anilines is 4. The van der Waals surface area contributed by atoms with Crippen molar-refractivity contribution in [2.45, 2.75) is 50.4 Å². The number of aromatic nitrogens is 2. The van der Waals surface area contributed by atoms with Crippen LogP contribution in [0.2, 0.25) is 0 Å². The first kappa shape index (κ1) is 19.3. The zero-order chi connectivity index (χ0) is 20.9. The molecule has 4 N–H and O–H groups in total. The summed E-state index contributed by atoms with van der Waals surface area (Å²) in [5.41, 5.74) is 7.37. The third-order valence-corrected chi connectivity index (χ3v) is 6.66. The normalized spacial score (nSPS) is 29.6. The van der Waals surface area contributed by atoms with Gasteiger partial charge < -0.3 is 21.1 Å². The van der Waals surface area contributed by atoms with Gasteiger partial charge in [-0.1, -0.05) is 0 Å². The molecule has 4 bridgehead atoms.